The Hall–Kier alpha value is -1.92. The predicted molar refractivity (Wildman–Crippen MR) is 74.8 cm³/mol. The Morgan fingerprint density at radius 1 is 1.45 bits per heavy atom. The van der Waals surface area contributed by atoms with Crippen molar-refractivity contribution in [2.24, 2.45) is 0 Å². The average molecular weight is 296 g/mol. The first kappa shape index (κ1) is 14.5. The molecule has 2 rings (SSSR count). The van der Waals surface area contributed by atoms with Crippen molar-refractivity contribution in [3.63, 3.8) is 0 Å². The zero-order valence-electron chi connectivity index (χ0n) is 11.1. The van der Waals surface area contributed by atoms with Crippen molar-refractivity contribution in [3.05, 3.63) is 55.9 Å². The molecule has 2 aromatic rings. The molecular formula is C13H14ClN3O3. The van der Waals surface area contributed by atoms with Gasteiger partial charge < -0.3 is 5.11 Å². The fraction of sp³-hybridized carbons (Fsp3) is 0.308. The maximum atomic E-state index is 11.1. The zero-order valence-corrected chi connectivity index (χ0v) is 11.9. The van der Waals surface area contributed by atoms with Crippen LogP contribution in [0.4, 0.5) is 5.69 Å². The quantitative estimate of drug-likeness (QED) is 0.694. The van der Waals surface area contributed by atoms with Crippen LogP contribution in [0.2, 0.25) is 5.02 Å². The van der Waals surface area contributed by atoms with Crippen molar-refractivity contribution in [2.75, 3.05) is 0 Å². The van der Waals surface area contributed by atoms with Crippen molar-refractivity contribution in [1.82, 2.24) is 9.78 Å². The molecule has 1 aromatic carbocycles. The van der Waals surface area contributed by atoms with Crippen LogP contribution in [0, 0.1) is 24.0 Å². The minimum atomic E-state index is -0.458. The average Bonchev–Trinajstić information content (AvgIpc) is 2.66. The van der Waals surface area contributed by atoms with E-state index in [1.54, 1.807) is 23.7 Å². The predicted octanol–water partition coefficient (Wildman–Crippen LogP) is 2.60. The first-order chi connectivity index (χ1) is 9.43. The second-order valence-electron chi connectivity index (χ2n) is 4.50. The Kier molecular flexibility index (Phi) is 4.06. The van der Waals surface area contributed by atoms with Crippen LogP contribution in [0.5, 0.6) is 0 Å². The molecule has 0 unspecified atom stereocenters. The molecule has 106 valence electrons. The van der Waals surface area contributed by atoms with Gasteiger partial charge in [0.05, 0.1) is 29.3 Å². The molecule has 1 N–H and O–H groups in total. The van der Waals surface area contributed by atoms with Gasteiger partial charge in [-0.2, -0.15) is 5.10 Å². The fourth-order valence-electron chi connectivity index (χ4n) is 2.12. The van der Waals surface area contributed by atoms with E-state index in [0.29, 0.717) is 10.6 Å². The number of benzene rings is 1. The molecule has 7 heteroatoms. The highest BCUT2D eigenvalue weighted by Gasteiger charge is 2.17. The molecule has 0 spiro atoms. The molecule has 6 nitrogen and oxygen atoms in total. The third-order valence-electron chi connectivity index (χ3n) is 3.25. The first-order valence-electron chi connectivity index (χ1n) is 6.00. The summed E-state index contributed by atoms with van der Waals surface area (Å²) in [6.07, 6.45) is 0. The summed E-state index contributed by atoms with van der Waals surface area (Å²) >= 11 is 5.79. The van der Waals surface area contributed by atoms with Crippen molar-refractivity contribution in [1.29, 1.82) is 0 Å². The van der Waals surface area contributed by atoms with Crippen LogP contribution in [0.15, 0.2) is 18.2 Å². The van der Waals surface area contributed by atoms with Gasteiger partial charge in [-0.15, -0.1) is 0 Å². The summed E-state index contributed by atoms with van der Waals surface area (Å²) in [5.74, 6) is 0. The number of nitro groups is 1. The Balaban J connectivity index is 2.42. The van der Waals surface area contributed by atoms with Crippen LogP contribution in [-0.4, -0.2) is 19.8 Å². The summed E-state index contributed by atoms with van der Waals surface area (Å²) in [5, 5.41) is 25.0. The number of hydrogen-bond donors (Lipinski definition) is 1. The largest absolute Gasteiger partial charge is 0.392 e. The van der Waals surface area contributed by atoms with Gasteiger partial charge in [-0.3, -0.25) is 14.8 Å². The summed E-state index contributed by atoms with van der Waals surface area (Å²) < 4.78 is 1.65. The first-order valence-corrected chi connectivity index (χ1v) is 6.38. The number of aromatic nitrogens is 2. The molecule has 0 atom stereocenters. The van der Waals surface area contributed by atoms with E-state index < -0.39 is 4.92 Å². The zero-order chi connectivity index (χ0) is 14.9. The monoisotopic (exact) mass is 295 g/mol. The number of halogens is 1. The van der Waals surface area contributed by atoms with Gasteiger partial charge in [0, 0.05) is 22.3 Å². The molecule has 0 aliphatic rings. The van der Waals surface area contributed by atoms with Gasteiger partial charge in [0.2, 0.25) is 0 Å². The van der Waals surface area contributed by atoms with E-state index in [1.165, 1.54) is 6.07 Å². The highest BCUT2D eigenvalue weighted by atomic mass is 35.5. The van der Waals surface area contributed by atoms with E-state index in [4.69, 9.17) is 11.6 Å². The lowest BCUT2D eigenvalue weighted by Gasteiger charge is -2.06. The van der Waals surface area contributed by atoms with E-state index in [0.717, 1.165) is 17.0 Å². The molecule has 0 fully saturated rings. The number of nitro benzene ring substituents is 1. The Bertz CT molecular complexity index is 667. The van der Waals surface area contributed by atoms with Crippen molar-refractivity contribution in [3.8, 4) is 0 Å². The summed E-state index contributed by atoms with van der Waals surface area (Å²) in [6, 6.07) is 4.56. The molecule has 0 saturated heterocycles. The summed E-state index contributed by atoms with van der Waals surface area (Å²) in [4.78, 5) is 10.6. The Labute approximate surface area is 120 Å². The minimum absolute atomic E-state index is 0.0319. The summed E-state index contributed by atoms with van der Waals surface area (Å²) in [6.45, 7) is 3.79. The smallest absolute Gasteiger partial charge is 0.275 e. The van der Waals surface area contributed by atoms with Crippen LogP contribution in [0.3, 0.4) is 0 Å². The lowest BCUT2D eigenvalue weighted by Crippen LogP contribution is -2.06. The number of aryl methyl sites for hydroxylation is 1. The van der Waals surface area contributed by atoms with E-state index in [9.17, 15) is 15.2 Å². The van der Waals surface area contributed by atoms with Crippen LogP contribution in [0.25, 0.3) is 0 Å². The molecule has 0 radical (unpaired) electrons. The third kappa shape index (κ3) is 2.66. The van der Waals surface area contributed by atoms with Crippen LogP contribution >= 0.6 is 11.6 Å². The van der Waals surface area contributed by atoms with Crippen LogP contribution < -0.4 is 0 Å². The van der Waals surface area contributed by atoms with Gasteiger partial charge in [-0.1, -0.05) is 11.6 Å². The number of rotatable bonds is 4. The van der Waals surface area contributed by atoms with Crippen LogP contribution in [-0.2, 0) is 13.2 Å². The van der Waals surface area contributed by atoms with Crippen molar-refractivity contribution < 1.29 is 10.0 Å². The maximum absolute atomic E-state index is 11.1. The summed E-state index contributed by atoms with van der Waals surface area (Å²) in [7, 11) is 0. The van der Waals surface area contributed by atoms with E-state index >= 15 is 0 Å². The highest BCUT2D eigenvalue weighted by molar-refractivity contribution is 6.30. The normalized spacial score (nSPS) is 10.8. The number of aliphatic hydroxyl groups excluding tert-OH is 1. The molecule has 0 saturated carbocycles. The SMILES string of the molecule is Cc1nn(Cc2ccc(Cl)cc2[N+](=O)[O-])c(C)c1CO. The lowest BCUT2D eigenvalue weighted by atomic mass is 10.1. The number of aliphatic hydroxyl groups is 1. The molecule has 0 bridgehead atoms. The minimum Gasteiger partial charge on any atom is -0.392 e. The van der Waals surface area contributed by atoms with Crippen molar-refractivity contribution in [2.45, 2.75) is 27.0 Å². The number of nitrogens with zero attached hydrogens (tertiary/aromatic N) is 3. The van der Waals surface area contributed by atoms with Gasteiger partial charge in [0.25, 0.3) is 5.69 Å². The molecular weight excluding hydrogens is 282 g/mol. The molecule has 0 amide bonds. The second kappa shape index (κ2) is 5.60. The lowest BCUT2D eigenvalue weighted by molar-refractivity contribution is -0.385. The molecule has 20 heavy (non-hydrogen) atoms. The summed E-state index contributed by atoms with van der Waals surface area (Å²) in [5.41, 5.74) is 2.77. The second-order valence-corrected chi connectivity index (χ2v) is 4.93. The Morgan fingerprint density at radius 2 is 2.15 bits per heavy atom. The van der Waals surface area contributed by atoms with E-state index in [1.807, 2.05) is 6.92 Å². The van der Waals surface area contributed by atoms with E-state index in [-0.39, 0.29) is 18.8 Å². The fourth-order valence-corrected chi connectivity index (χ4v) is 2.29. The van der Waals surface area contributed by atoms with Gasteiger partial charge in [-0.25, -0.2) is 0 Å². The van der Waals surface area contributed by atoms with Gasteiger partial charge in [0.1, 0.15) is 0 Å². The van der Waals surface area contributed by atoms with Gasteiger partial charge in [-0.05, 0) is 26.0 Å². The van der Waals surface area contributed by atoms with Gasteiger partial charge >= 0.3 is 0 Å². The molecule has 0 aliphatic heterocycles. The topological polar surface area (TPSA) is 81.2 Å². The molecule has 1 heterocycles. The van der Waals surface area contributed by atoms with Crippen molar-refractivity contribution >= 4 is 17.3 Å². The molecule has 0 aliphatic carbocycles. The van der Waals surface area contributed by atoms with Gasteiger partial charge in [0.15, 0.2) is 0 Å². The van der Waals surface area contributed by atoms with Crippen LogP contribution in [0.1, 0.15) is 22.5 Å². The maximum Gasteiger partial charge on any atom is 0.275 e. The van der Waals surface area contributed by atoms with E-state index in [2.05, 4.69) is 5.10 Å². The standard InChI is InChI=1S/C13H14ClN3O3/c1-8-12(7-18)9(2)16(15-8)6-10-3-4-11(14)5-13(10)17(19)20/h3-5,18H,6-7H2,1-2H3. The Morgan fingerprint density at radius 3 is 2.70 bits per heavy atom. The number of hydrogen-bond acceptors (Lipinski definition) is 4. The highest BCUT2D eigenvalue weighted by Crippen LogP contribution is 2.25. The molecule has 1 aromatic heterocycles. The third-order valence-corrected chi connectivity index (χ3v) is 3.49.